The molecule has 160 valence electrons. The third-order valence-electron chi connectivity index (χ3n) is 4.96. The highest BCUT2D eigenvalue weighted by Crippen LogP contribution is 2.32. The van der Waals surface area contributed by atoms with E-state index >= 15 is 0 Å². The van der Waals surface area contributed by atoms with Crippen LogP contribution in [0.1, 0.15) is 12.8 Å². The normalized spacial score (nSPS) is 16.2. The Bertz CT molecular complexity index is 1130. The minimum absolute atomic E-state index is 0.0859. The van der Waals surface area contributed by atoms with Crippen molar-refractivity contribution in [3.63, 3.8) is 0 Å². The number of rotatable bonds is 6. The van der Waals surface area contributed by atoms with E-state index in [1.807, 2.05) is 0 Å². The van der Waals surface area contributed by atoms with Gasteiger partial charge >= 0.3 is 6.03 Å². The van der Waals surface area contributed by atoms with Crippen molar-refractivity contribution in [2.45, 2.75) is 19.5 Å². The Hall–Kier alpha value is -3.95. The Balaban J connectivity index is 1.56. The van der Waals surface area contributed by atoms with Crippen molar-refractivity contribution in [2.75, 3.05) is 19.1 Å². The number of nitrogens with zero attached hydrogens (tertiary/aromatic N) is 4. The second-order valence-corrected chi connectivity index (χ2v) is 6.81. The number of imide groups is 1. The Morgan fingerprint density at radius 3 is 2.52 bits per heavy atom. The fraction of sp³-hybridized carbons (Fsp3) is 0.238. The van der Waals surface area contributed by atoms with Crippen LogP contribution < -0.4 is 14.4 Å². The summed E-state index contributed by atoms with van der Waals surface area (Å²) in [5.74, 6) is 0.568. The number of benzene rings is 2. The van der Waals surface area contributed by atoms with Gasteiger partial charge in [-0.15, -0.1) is 0 Å². The molecule has 4 rings (SSSR count). The first-order chi connectivity index (χ1) is 14.9. The summed E-state index contributed by atoms with van der Waals surface area (Å²) in [6.45, 7) is 1.41. The number of urea groups is 1. The SMILES string of the molecule is COc1ccc(-c2noc(CN3C(=O)C(C)N(c4ccc(F)cc4)C3=O)n2)c(OC)c1. The van der Waals surface area contributed by atoms with E-state index in [2.05, 4.69) is 10.1 Å². The lowest BCUT2D eigenvalue weighted by atomic mass is 10.2. The zero-order chi connectivity index (χ0) is 22.1. The Morgan fingerprint density at radius 1 is 1.10 bits per heavy atom. The number of carbonyl (C=O) groups is 2. The van der Waals surface area contributed by atoms with Gasteiger partial charge in [-0.3, -0.25) is 14.6 Å². The molecule has 2 heterocycles. The summed E-state index contributed by atoms with van der Waals surface area (Å²) in [6.07, 6.45) is 0. The van der Waals surface area contributed by atoms with Crippen molar-refractivity contribution in [1.29, 1.82) is 0 Å². The van der Waals surface area contributed by atoms with Gasteiger partial charge in [0, 0.05) is 11.8 Å². The van der Waals surface area contributed by atoms with Crippen LogP contribution in [0.2, 0.25) is 0 Å². The van der Waals surface area contributed by atoms with Crippen molar-refractivity contribution >= 4 is 17.6 Å². The second kappa shape index (κ2) is 8.05. The van der Waals surface area contributed by atoms with Crippen LogP contribution in [-0.4, -0.2) is 47.2 Å². The highest BCUT2D eigenvalue weighted by molar-refractivity contribution is 6.13. The zero-order valence-corrected chi connectivity index (χ0v) is 17.0. The molecule has 3 aromatic rings. The van der Waals surface area contributed by atoms with Gasteiger partial charge in [0.15, 0.2) is 0 Å². The van der Waals surface area contributed by atoms with E-state index < -0.39 is 23.8 Å². The largest absolute Gasteiger partial charge is 0.497 e. The maximum Gasteiger partial charge on any atom is 0.332 e. The lowest BCUT2D eigenvalue weighted by Crippen LogP contribution is -2.33. The average Bonchev–Trinajstić information content (AvgIpc) is 3.33. The third-order valence-corrected chi connectivity index (χ3v) is 4.96. The monoisotopic (exact) mass is 426 g/mol. The molecule has 0 bridgehead atoms. The third kappa shape index (κ3) is 3.67. The second-order valence-electron chi connectivity index (χ2n) is 6.81. The maximum absolute atomic E-state index is 13.2. The number of ether oxygens (including phenoxy) is 2. The molecule has 0 aliphatic carbocycles. The van der Waals surface area contributed by atoms with Crippen molar-refractivity contribution in [3.05, 3.63) is 54.2 Å². The lowest BCUT2D eigenvalue weighted by molar-refractivity contribution is -0.127. The molecule has 1 aromatic heterocycles. The van der Waals surface area contributed by atoms with E-state index in [0.717, 1.165) is 4.90 Å². The Kier molecular flexibility index (Phi) is 5.28. The molecule has 0 spiro atoms. The van der Waals surface area contributed by atoms with Crippen LogP contribution in [0.15, 0.2) is 47.0 Å². The molecule has 31 heavy (non-hydrogen) atoms. The maximum atomic E-state index is 13.2. The molecule has 0 N–H and O–H groups in total. The van der Waals surface area contributed by atoms with Gasteiger partial charge in [0.25, 0.3) is 5.91 Å². The van der Waals surface area contributed by atoms with Crippen LogP contribution >= 0.6 is 0 Å². The Labute approximate surface area is 177 Å². The number of hydrogen-bond acceptors (Lipinski definition) is 7. The summed E-state index contributed by atoms with van der Waals surface area (Å²) < 4.78 is 29.0. The fourth-order valence-electron chi connectivity index (χ4n) is 3.35. The molecule has 3 amide bonds. The Morgan fingerprint density at radius 2 is 1.84 bits per heavy atom. The molecule has 0 radical (unpaired) electrons. The summed E-state index contributed by atoms with van der Waals surface area (Å²) in [5.41, 5.74) is 0.989. The van der Waals surface area contributed by atoms with Crippen LogP contribution in [0, 0.1) is 5.82 Å². The minimum Gasteiger partial charge on any atom is -0.497 e. The lowest BCUT2D eigenvalue weighted by Gasteiger charge is -2.18. The molecule has 1 aliphatic heterocycles. The van der Waals surface area contributed by atoms with E-state index in [4.69, 9.17) is 14.0 Å². The van der Waals surface area contributed by atoms with Gasteiger partial charge in [0.05, 0.1) is 19.8 Å². The van der Waals surface area contributed by atoms with Crippen molar-refractivity contribution in [3.8, 4) is 22.9 Å². The smallest absolute Gasteiger partial charge is 0.332 e. The van der Waals surface area contributed by atoms with Gasteiger partial charge in [-0.25, -0.2) is 9.18 Å². The molecule has 1 saturated heterocycles. The number of anilines is 1. The molecular formula is C21H19FN4O5. The number of halogens is 1. The summed E-state index contributed by atoms with van der Waals surface area (Å²) in [5, 5.41) is 3.94. The number of methoxy groups -OCH3 is 2. The highest BCUT2D eigenvalue weighted by atomic mass is 19.1. The molecule has 1 fully saturated rings. The summed E-state index contributed by atoms with van der Waals surface area (Å²) >= 11 is 0. The molecule has 10 heteroatoms. The van der Waals surface area contributed by atoms with Crippen molar-refractivity contribution in [1.82, 2.24) is 15.0 Å². The van der Waals surface area contributed by atoms with Crippen LogP contribution in [-0.2, 0) is 11.3 Å². The van der Waals surface area contributed by atoms with Gasteiger partial charge in [-0.05, 0) is 43.3 Å². The number of carbonyl (C=O) groups excluding carboxylic acids is 2. The predicted molar refractivity (Wildman–Crippen MR) is 107 cm³/mol. The molecule has 1 unspecified atom stereocenters. The van der Waals surface area contributed by atoms with Gasteiger partial charge in [0.2, 0.25) is 11.7 Å². The molecular weight excluding hydrogens is 407 g/mol. The zero-order valence-electron chi connectivity index (χ0n) is 17.0. The molecule has 1 aliphatic rings. The van der Waals surface area contributed by atoms with Gasteiger partial charge < -0.3 is 14.0 Å². The summed E-state index contributed by atoms with van der Waals surface area (Å²) in [6, 6.07) is 9.18. The van der Waals surface area contributed by atoms with E-state index in [9.17, 15) is 14.0 Å². The molecule has 9 nitrogen and oxygen atoms in total. The predicted octanol–water partition coefficient (Wildman–Crippen LogP) is 3.25. The van der Waals surface area contributed by atoms with Crippen LogP contribution in [0.3, 0.4) is 0 Å². The minimum atomic E-state index is -0.748. The van der Waals surface area contributed by atoms with Crippen LogP contribution in [0.5, 0.6) is 11.5 Å². The van der Waals surface area contributed by atoms with E-state index in [0.29, 0.717) is 22.7 Å². The van der Waals surface area contributed by atoms with E-state index in [1.54, 1.807) is 32.2 Å². The quantitative estimate of drug-likeness (QED) is 0.558. The molecule has 1 atom stereocenters. The van der Waals surface area contributed by atoms with Crippen molar-refractivity contribution < 1.29 is 28.0 Å². The average molecular weight is 426 g/mol. The van der Waals surface area contributed by atoms with Gasteiger partial charge in [0.1, 0.15) is 29.9 Å². The number of aromatic nitrogens is 2. The van der Waals surface area contributed by atoms with Crippen LogP contribution in [0.25, 0.3) is 11.4 Å². The first-order valence-electron chi connectivity index (χ1n) is 9.38. The van der Waals surface area contributed by atoms with Crippen LogP contribution in [0.4, 0.5) is 14.9 Å². The summed E-state index contributed by atoms with van der Waals surface area (Å²) in [4.78, 5) is 32.2. The number of amides is 3. The van der Waals surface area contributed by atoms with Crippen molar-refractivity contribution in [2.24, 2.45) is 0 Å². The van der Waals surface area contributed by atoms with E-state index in [-0.39, 0.29) is 18.3 Å². The fourth-order valence-corrected chi connectivity index (χ4v) is 3.35. The molecule has 0 saturated carbocycles. The molecule has 2 aromatic carbocycles. The van der Waals surface area contributed by atoms with E-state index in [1.165, 1.54) is 36.3 Å². The first-order valence-corrected chi connectivity index (χ1v) is 9.38. The topological polar surface area (TPSA) is 98.0 Å². The standard InChI is InChI=1S/C21H19FN4O5/c1-12-20(27)25(21(28)26(12)14-6-4-13(22)5-7-14)11-18-23-19(24-31-18)16-9-8-15(29-2)10-17(16)30-3/h4-10,12H,11H2,1-3H3. The van der Waals surface area contributed by atoms with Gasteiger partial charge in [-0.2, -0.15) is 4.98 Å². The van der Waals surface area contributed by atoms with Gasteiger partial charge in [-0.1, -0.05) is 5.16 Å². The first kappa shape index (κ1) is 20.3. The number of hydrogen-bond donors (Lipinski definition) is 0. The summed E-state index contributed by atoms with van der Waals surface area (Å²) in [7, 11) is 3.05. The highest BCUT2D eigenvalue weighted by Gasteiger charge is 2.44.